The summed E-state index contributed by atoms with van der Waals surface area (Å²) in [6.45, 7) is 0. The molecule has 142 valence electrons. The van der Waals surface area contributed by atoms with E-state index < -0.39 is 22.7 Å². The van der Waals surface area contributed by atoms with Gasteiger partial charge in [0.25, 0.3) is 5.69 Å². The van der Waals surface area contributed by atoms with Crippen LogP contribution in [0.25, 0.3) is 0 Å². The van der Waals surface area contributed by atoms with Crippen molar-refractivity contribution < 1.29 is 23.2 Å². The molecule has 1 aliphatic rings. The van der Waals surface area contributed by atoms with E-state index in [-0.39, 0.29) is 17.1 Å². The van der Waals surface area contributed by atoms with Gasteiger partial charge < -0.3 is 9.47 Å². The molecule has 1 aliphatic heterocycles. The molecule has 0 bridgehead atoms. The number of halogens is 2. The first-order valence-corrected chi connectivity index (χ1v) is 8.53. The lowest BCUT2D eigenvalue weighted by Gasteiger charge is -2.27. The maximum atomic E-state index is 14.0. The minimum atomic E-state index is -0.697. The molecule has 28 heavy (non-hydrogen) atoms. The first-order valence-electron chi connectivity index (χ1n) is 8.53. The smallest absolute Gasteiger partial charge is 0.287 e. The molecular formula is C20H14F2N2O4. The lowest BCUT2D eigenvalue weighted by molar-refractivity contribution is -0.385. The number of rotatable bonds is 4. The molecule has 0 fully saturated rings. The van der Waals surface area contributed by atoms with Crippen LogP contribution in [0.5, 0.6) is 17.4 Å². The molecule has 8 heteroatoms. The number of ether oxygens (including phenoxy) is 2. The fourth-order valence-electron chi connectivity index (χ4n) is 3.11. The lowest BCUT2D eigenvalue weighted by Crippen LogP contribution is -2.17. The zero-order valence-corrected chi connectivity index (χ0v) is 14.5. The Kier molecular flexibility index (Phi) is 4.60. The molecule has 2 heterocycles. The summed E-state index contributed by atoms with van der Waals surface area (Å²) >= 11 is 0. The van der Waals surface area contributed by atoms with Crippen LogP contribution in [0.2, 0.25) is 0 Å². The zero-order chi connectivity index (χ0) is 19.7. The zero-order valence-electron chi connectivity index (χ0n) is 14.5. The highest BCUT2D eigenvalue weighted by molar-refractivity contribution is 5.44. The molecule has 0 saturated heterocycles. The summed E-state index contributed by atoms with van der Waals surface area (Å²) < 4.78 is 39.4. The molecule has 1 aromatic heterocycles. The number of aryl methyl sites for hydroxylation is 1. The molecular weight excluding hydrogens is 370 g/mol. The summed E-state index contributed by atoms with van der Waals surface area (Å²) in [6, 6.07) is 11.5. The van der Waals surface area contributed by atoms with E-state index in [4.69, 9.17) is 9.47 Å². The molecule has 0 N–H and O–H groups in total. The van der Waals surface area contributed by atoms with Gasteiger partial charge in [-0.1, -0.05) is 6.07 Å². The minimum absolute atomic E-state index is 0.0662. The van der Waals surface area contributed by atoms with Gasteiger partial charge in [0.15, 0.2) is 0 Å². The summed E-state index contributed by atoms with van der Waals surface area (Å²) in [5.74, 6) is -0.0222. The van der Waals surface area contributed by atoms with Gasteiger partial charge in [-0.25, -0.2) is 13.8 Å². The van der Waals surface area contributed by atoms with Gasteiger partial charge in [0.2, 0.25) is 5.88 Å². The van der Waals surface area contributed by atoms with Crippen LogP contribution in [0.15, 0.2) is 54.7 Å². The quantitative estimate of drug-likeness (QED) is 0.461. The molecule has 3 aromatic rings. The van der Waals surface area contributed by atoms with Gasteiger partial charge in [-0.2, -0.15) is 0 Å². The van der Waals surface area contributed by atoms with Gasteiger partial charge in [-0.15, -0.1) is 0 Å². The van der Waals surface area contributed by atoms with E-state index in [0.717, 1.165) is 11.8 Å². The first-order chi connectivity index (χ1) is 13.5. The maximum Gasteiger partial charge on any atom is 0.287 e. The minimum Gasteiger partial charge on any atom is -0.485 e. The van der Waals surface area contributed by atoms with Gasteiger partial charge in [0.05, 0.1) is 10.5 Å². The second-order valence-corrected chi connectivity index (χ2v) is 6.26. The van der Waals surface area contributed by atoms with Crippen molar-refractivity contribution in [3.63, 3.8) is 0 Å². The predicted molar refractivity (Wildman–Crippen MR) is 95.5 cm³/mol. The Bertz CT molecular complexity index is 1020. The number of benzene rings is 2. The van der Waals surface area contributed by atoms with Gasteiger partial charge in [-0.3, -0.25) is 10.1 Å². The maximum absolute atomic E-state index is 14.0. The van der Waals surface area contributed by atoms with E-state index >= 15 is 0 Å². The summed E-state index contributed by atoms with van der Waals surface area (Å²) in [6.07, 6.45) is 1.39. The normalized spacial score (nSPS) is 15.4. The topological polar surface area (TPSA) is 74.5 Å². The van der Waals surface area contributed by atoms with Crippen LogP contribution in [0.4, 0.5) is 14.5 Å². The molecule has 0 radical (unpaired) electrons. The van der Waals surface area contributed by atoms with Crippen LogP contribution in [0.1, 0.15) is 23.7 Å². The molecule has 6 nitrogen and oxygen atoms in total. The highest BCUT2D eigenvalue weighted by atomic mass is 19.1. The van der Waals surface area contributed by atoms with E-state index in [1.165, 1.54) is 30.3 Å². The van der Waals surface area contributed by atoms with Gasteiger partial charge in [-0.05, 0) is 48.7 Å². The summed E-state index contributed by atoms with van der Waals surface area (Å²) in [7, 11) is 0. The van der Waals surface area contributed by atoms with Crippen LogP contribution in [-0.4, -0.2) is 9.91 Å². The van der Waals surface area contributed by atoms with Crippen molar-refractivity contribution in [2.45, 2.75) is 18.9 Å². The first kappa shape index (κ1) is 17.8. The predicted octanol–water partition coefficient (Wildman–Crippen LogP) is 5.13. The van der Waals surface area contributed by atoms with Crippen LogP contribution < -0.4 is 9.47 Å². The number of nitro groups is 1. The van der Waals surface area contributed by atoms with E-state index in [0.29, 0.717) is 24.3 Å². The molecule has 0 amide bonds. The van der Waals surface area contributed by atoms with Gasteiger partial charge in [0.1, 0.15) is 35.4 Å². The molecule has 1 unspecified atom stereocenters. The SMILES string of the molecule is O=[N+]([O-])c1ccc(Oc2ccc3c(c2)CCC(c2c(F)cccc2F)O3)nc1. The summed E-state index contributed by atoms with van der Waals surface area (Å²) in [5, 5.41) is 10.7. The number of pyridine rings is 1. The van der Waals surface area contributed by atoms with Crippen molar-refractivity contribution in [2.75, 3.05) is 0 Å². The number of aromatic nitrogens is 1. The third-order valence-electron chi connectivity index (χ3n) is 4.45. The molecule has 2 aromatic carbocycles. The fourth-order valence-corrected chi connectivity index (χ4v) is 3.11. The lowest BCUT2D eigenvalue weighted by atomic mass is 9.96. The van der Waals surface area contributed by atoms with Gasteiger partial charge in [0, 0.05) is 12.1 Å². The van der Waals surface area contributed by atoms with Crippen molar-refractivity contribution in [2.24, 2.45) is 0 Å². The Morgan fingerprint density at radius 3 is 2.61 bits per heavy atom. The second-order valence-electron chi connectivity index (χ2n) is 6.26. The third kappa shape index (κ3) is 3.48. The highest BCUT2D eigenvalue weighted by Crippen LogP contribution is 2.38. The van der Waals surface area contributed by atoms with Gasteiger partial charge >= 0.3 is 0 Å². The van der Waals surface area contributed by atoms with E-state index in [2.05, 4.69) is 4.98 Å². The monoisotopic (exact) mass is 384 g/mol. The average Bonchev–Trinajstić information content (AvgIpc) is 2.68. The van der Waals surface area contributed by atoms with Crippen molar-refractivity contribution in [1.82, 2.24) is 4.98 Å². The van der Waals surface area contributed by atoms with Crippen molar-refractivity contribution >= 4 is 5.69 Å². The Morgan fingerprint density at radius 2 is 1.93 bits per heavy atom. The second kappa shape index (κ2) is 7.22. The molecule has 1 atom stereocenters. The Balaban J connectivity index is 1.52. The molecule has 4 rings (SSSR count). The van der Waals surface area contributed by atoms with Crippen molar-refractivity contribution in [3.8, 4) is 17.4 Å². The largest absolute Gasteiger partial charge is 0.485 e. The van der Waals surface area contributed by atoms with Crippen molar-refractivity contribution in [3.05, 3.63) is 87.6 Å². The summed E-state index contributed by atoms with van der Waals surface area (Å²) in [4.78, 5) is 14.0. The van der Waals surface area contributed by atoms with Crippen LogP contribution in [0.3, 0.4) is 0 Å². The number of nitrogens with zero attached hydrogens (tertiary/aromatic N) is 2. The Labute approximate surface area is 158 Å². The molecule has 0 saturated carbocycles. The summed E-state index contributed by atoms with van der Waals surface area (Å²) in [5.41, 5.74) is 0.647. The molecule has 0 spiro atoms. The standard InChI is InChI=1S/C20H14F2N2O4/c21-15-2-1-3-16(22)20(15)18-7-4-12-10-14(6-8-17(12)28-18)27-19-9-5-13(11-23-19)24(25)26/h1-3,5-6,8-11,18H,4,7H2. The highest BCUT2D eigenvalue weighted by Gasteiger charge is 2.27. The van der Waals surface area contributed by atoms with E-state index in [9.17, 15) is 18.9 Å². The fraction of sp³-hybridized carbons (Fsp3) is 0.150. The van der Waals surface area contributed by atoms with Crippen LogP contribution in [-0.2, 0) is 6.42 Å². The van der Waals surface area contributed by atoms with Crippen LogP contribution in [0, 0.1) is 21.7 Å². The number of fused-ring (bicyclic) bond motifs is 1. The Morgan fingerprint density at radius 1 is 1.14 bits per heavy atom. The molecule has 0 aliphatic carbocycles. The average molecular weight is 384 g/mol. The van der Waals surface area contributed by atoms with E-state index in [1.54, 1.807) is 18.2 Å². The Hall–Kier alpha value is -3.55. The number of hydrogen-bond acceptors (Lipinski definition) is 5. The third-order valence-corrected chi connectivity index (χ3v) is 4.45. The van der Waals surface area contributed by atoms with Crippen LogP contribution >= 0.6 is 0 Å². The van der Waals surface area contributed by atoms with Crippen molar-refractivity contribution in [1.29, 1.82) is 0 Å². The van der Waals surface area contributed by atoms with E-state index in [1.807, 2.05) is 0 Å². The number of hydrogen-bond donors (Lipinski definition) is 0.